The summed E-state index contributed by atoms with van der Waals surface area (Å²) >= 11 is 0. The monoisotopic (exact) mass is 534 g/mol. The van der Waals surface area contributed by atoms with E-state index in [0.29, 0.717) is 11.3 Å². The van der Waals surface area contributed by atoms with Crippen molar-refractivity contribution in [1.82, 2.24) is 30.4 Å². The number of likely N-dealkylation sites (N-methyl/N-ethyl adjacent to an activating group) is 1. The van der Waals surface area contributed by atoms with E-state index in [-0.39, 0.29) is 5.82 Å². The lowest BCUT2D eigenvalue weighted by Crippen LogP contribution is -2.23. The summed E-state index contributed by atoms with van der Waals surface area (Å²) in [6, 6.07) is 10.4. The topological polar surface area (TPSA) is 72.6 Å². The van der Waals surface area contributed by atoms with Crippen LogP contribution in [-0.4, -0.2) is 45.7 Å². The molecule has 0 aliphatic rings. The number of aromatic amines is 2. The van der Waals surface area contributed by atoms with E-state index in [1.807, 2.05) is 57.4 Å². The molecule has 1 aromatic carbocycles. The first-order valence-electron chi connectivity index (χ1n) is 13.0. The average Bonchev–Trinajstić information content (AvgIpc) is 3.52. The lowest BCUT2D eigenvalue weighted by atomic mass is 10.0. The molecule has 3 N–H and O–H groups in total. The van der Waals surface area contributed by atoms with Gasteiger partial charge in [0.25, 0.3) is 0 Å². The first-order valence-corrected chi connectivity index (χ1v) is 13.0. The number of rotatable bonds is 10. The van der Waals surface area contributed by atoms with E-state index in [4.69, 9.17) is 0 Å². The Morgan fingerprint density at radius 3 is 2.70 bits per heavy atom. The first kappa shape index (κ1) is 28.3. The lowest BCUT2D eigenvalue weighted by molar-refractivity contribution is 0.438. The van der Waals surface area contributed by atoms with E-state index in [9.17, 15) is 4.39 Å². The van der Waals surface area contributed by atoms with Crippen LogP contribution in [0.4, 0.5) is 4.39 Å². The average molecular weight is 535 g/mol. The summed E-state index contributed by atoms with van der Waals surface area (Å²) in [7, 11) is 4.00. The fourth-order valence-electron chi connectivity index (χ4n) is 4.47. The van der Waals surface area contributed by atoms with Crippen molar-refractivity contribution in [2.24, 2.45) is 0 Å². The molecule has 0 spiro atoms. The summed E-state index contributed by atoms with van der Waals surface area (Å²) in [6.45, 7) is 17.1. The normalized spacial score (nSPS) is 13.3. The van der Waals surface area contributed by atoms with Crippen LogP contribution in [0, 0.1) is 5.82 Å². The second kappa shape index (κ2) is 12.4. The predicted molar refractivity (Wildman–Crippen MR) is 165 cm³/mol. The fourth-order valence-corrected chi connectivity index (χ4v) is 4.47. The number of H-pyrrole nitrogens is 2. The highest BCUT2D eigenvalue weighted by Gasteiger charge is 2.12. The van der Waals surface area contributed by atoms with Crippen molar-refractivity contribution in [3.63, 3.8) is 0 Å². The van der Waals surface area contributed by atoms with Gasteiger partial charge >= 0.3 is 0 Å². The number of halogens is 1. The van der Waals surface area contributed by atoms with Gasteiger partial charge < -0.3 is 15.2 Å². The Morgan fingerprint density at radius 2 is 2.00 bits per heavy atom. The Kier molecular flexibility index (Phi) is 8.76. The quantitative estimate of drug-likeness (QED) is 0.232. The molecule has 0 radical (unpaired) electrons. The van der Waals surface area contributed by atoms with Crippen LogP contribution in [0.1, 0.15) is 13.8 Å². The van der Waals surface area contributed by atoms with Crippen molar-refractivity contribution < 1.29 is 4.39 Å². The van der Waals surface area contributed by atoms with Crippen molar-refractivity contribution in [3.05, 3.63) is 119 Å². The van der Waals surface area contributed by atoms with Gasteiger partial charge in [0.05, 0.1) is 11.0 Å². The van der Waals surface area contributed by atoms with Crippen molar-refractivity contribution >= 4 is 23.7 Å². The van der Waals surface area contributed by atoms with Gasteiger partial charge in [-0.05, 0) is 92.7 Å². The fraction of sp³-hybridized carbons (Fsp3) is 0.152. The van der Waals surface area contributed by atoms with Gasteiger partial charge in [-0.2, -0.15) is 5.10 Å². The molecule has 3 aromatic heterocycles. The first-order chi connectivity index (χ1) is 19.2. The smallest absolute Gasteiger partial charge is 0.138 e. The number of fused-ring (bicyclic) bond motifs is 1. The Bertz CT molecular complexity index is 1760. The summed E-state index contributed by atoms with van der Waals surface area (Å²) in [5.41, 5.74) is 7.74. The zero-order valence-corrected chi connectivity index (χ0v) is 23.5. The molecule has 40 heavy (non-hydrogen) atoms. The largest absolute Gasteiger partial charge is 0.358 e. The number of allylic oxidation sites excluding steroid dienone is 6. The molecule has 0 atom stereocenters. The van der Waals surface area contributed by atoms with E-state index >= 15 is 0 Å². The molecule has 4 rings (SSSR count). The number of nitrogens with one attached hydrogen (secondary N) is 3. The highest BCUT2D eigenvalue weighted by atomic mass is 19.1. The van der Waals surface area contributed by atoms with Crippen LogP contribution < -0.4 is 15.9 Å². The van der Waals surface area contributed by atoms with Crippen LogP contribution >= 0.6 is 0 Å². The molecule has 0 bridgehead atoms. The minimum absolute atomic E-state index is 0.280. The van der Waals surface area contributed by atoms with Gasteiger partial charge in [-0.3, -0.25) is 5.10 Å². The Labute approximate surface area is 234 Å². The van der Waals surface area contributed by atoms with Crippen LogP contribution in [-0.2, 0) is 0 Å². The number of benzene rings is 1. The van der Waals surface area contributed by atoms with Crippen molar-refractivity contribution in [1.29, 1.82) is 0 Å². The maximum absolute atomic E-state index is 13.9. The van der Waals surface area contributed by atoms with Crippen LogP contribution in [0.2, 0.25) is 0 Å². The second-order valence-electron chi connectivity index (χ2n) is 9.81. The molecule has 0 aliphatic heterocycles. The molecule has 0 amide bonds. The van der Waals surface area contributed by atoms with Gasteiger partial charge in [0.15, 0.2) is 0 Å². The minimum Gasteiger partial charge on any atom is -0.358 e. The zero-order valence-electron chi connectivity index (χ0n) is 23.5. The van der Waals surface area contributed by atoms with E-state index in [0.717, 1.165) is 61.9 Å². The SMILES string of the molecule is C=C\C(=C/C(=C\C)C(/C)=C/C=c1/[nH]nc(-c2cc3c(-c4cccc(F)c4)ccnc3[nH]2)c1=C)NC(=C)CN(C)C. The number of pyridine rings is 1. The van der Waals surface area contributed by atoms with E-state index in [1.165, 1.54) is 12.1 Å². The van der Waals surface area contributed by atoms with Crippen LogP contribution in [0.15, 0.2) is 103 Å². The van der Waals surface area contributed by atoms with Crippen LogP contribution in [0.3, 0.4) is 0 Å². The van der Waals surface area contributed by atoms with Crippen LogP contribution in [0.25, 0.3) is 46.2 Å². The Morgan fingerprint density at radius 1 is 1.20 bits per heavy atom. The molecule has 204 valence electrons. The summed E-state index contributed by atoms with van der Waals surface area (Å²) < 4.78 is 13.9. The standard InChI is InChI=1S/C33H35FN6/c1-8-24(18-27(9-2)36-22(4)20-40(6)7)21(3)13-14-30-23(5)32(39-38-30)31-19-29-28(15-16-35-33(29)37-31)25-11-10-12-26(34)17-25/h8-19,36,38H,2,4-5,20H2,1,3,6-7H3,(H,35,37)/b21-13+,24-8+,27-18+,30-14+. The van der Waals surface area contributed by atoms with Gasteiger partial charge in [-0.15, -0.1) is 0 Å². The Balaban J connectivity index is 1.63. The maximum Gasteiger partial charge on any atom is 0.138 e. The van der Waals surface area contributed by atoms with Gasteiger partial charge in [0, 0.05) is 34.7 Å². The molecule has 0 unspecified atom stereocenters. The van der Waals surface area contributed by atoms with Gasteiger partial charge in [0.1, 0.15) is 17.2 Å². The summed E-state index contributed by atoms with van der Waals surface area (Å²) in [4.78, 5) is 9.86. The zero-order chi connectivity index (χ0) is 28.8. The molecule has 0 aliphatic carbocycles. The lowest BCUT2D eigenvalue weighted by Gasteiger charge is -2.15. The van der Waals surface area contributed by atoms with Gasteiger partial charge in [-0.1, -0.05) is 44.0 Å². The van der Waals surface area contributed by atoms with Crippen molar-refractivity contribution in [2.75, 3.05) is 20.6 Å². The van der Waals surface area contributed by atoms with Crippen LogP contribution in [0.5, 0.6) is 0 Å². The Hall–Kier alpha value is -4.75. The van der Waals surface area contributed by atoms with Gasteiger partial charge in [0.2, 0.25) is 0 Å². The number of hydrogen-bond donors (Lipinski definition) is 3. The molecule has 3 heterocycles. The summed E-state index contributed by atoms with van der Waals surface area (Å²) in [5.74, 6) is -0.280. The molecule has 0 fully saturated rings. The minimum atomic E-state index is -0.280. The third-order valence-electron chi connectivity index (χ3n) is 6.45. The van der Waals surface area contributed by atoms with Gasteiger partial charge in [-0.25, -0.2) is 9.37 Å². The number of hydrogen-bond acceptors (Lipinski definition) is 4. The summed E-state index contributed by atoms with van der Waals surface area (Å²) in [5, 5.41) is 13.4. The third kappa shape index (κ3) is 6.45. The van der Waals surface area contributed by atoms with Crippen molar-refractivity contribution in [3.8, 4) is 22.5 Å². The number of aromatic nitrogens is 4. The highest BCUT2D eigenvalue weighted by Crippen LogP contribution is 2.30. The molecular formula is C33H35FN6. The summed E-state index contributed by atoms with van der Waals surface area (Å²) in [6.07, 6.45) is 11.6. The van der Waals surface area contributed by atoms with E-state index in [1.54, 1.807) is 18.3 Å². The molecule has 7 heteroatoms. The maximum atomic E-state index is 13.9. The molecular weight excluding hydrogens is 499 g/mol. The third-order valence-corrected chi connectivity index (χ3v) is 6.45. The molecule has 6 nitrogen and oxygen atoms in total. The molecule has 0 saturated heterocycles. The predicted octanol–water partition coefficient (Wildman–Crippen LogP) is 5.58. The molecule has 4 aromatic rings. The van der Waals surface area contributed by atoms with E-state index < -0.39 is 0 Å². The highest BCUT2D eigenvalue weighted by molar-refractivity contribution is 5.95. The second-order valence-corrected chi connectivity index (χ2v) is 9.81. The van der Waals surface area contributed by atoms with E-state index in [2.05, 4.69) is 63.1 Å². The van der Waals surface area contributed by atoms with Crippen molar-refractivity contribution in [2.45, 2.75) is 13.8 Å². The molecule has 0 saturated carbocycles. The number of nitrogens with zero attached hydrogens (tertiary/aromatic N) is 3.